The van der Waals surface area contributed by atoms with Crippen LogP contribution in [0.3, 0.4) is 0 Å². The Bertz CT molecular complexity index is 377. The van der Waals surface area contributed by atoms with Gasteiger partial charge in [0.25, 0.3) is 0 Å². The molecule has 1 heteroatoms. The van der Waals surface area contributed by atoms with E-state index in [1.54, 1.807) is 11.1 Å². The molecule has 2 aliphatic rings. The van der Waals surface area contributed by atoms with E-state index < -0.39 is 0 Å². The van der Waals surface area contributed by atoms with Gasteiger partial charge in [0.05, 0.1) is 0 Å². The number of benzene rings is 1. The van der Waals surface area contributed by atoms with Crippen LogP contribution >= 0.6 is 0 Å². The van der Waals surface area contributed by atoms with E-state index >= 15 is 0 Å². The van der Waals surface area contributed by atoms with E-state index in [2.05, 4.69) is 30.7 Å². The minimum absolute atomic E-state index is 0. The number of allylic oxidation sites excluding steroid dienone is 2. The normalized spacial score (nSPS) is 18.0. The van der Waals surface area contributed by atoms with Crippen LogP contribution in [0, 0.1) is 6.42 Å². The third kappa shape index (κ3) is 1.52. The second-order valence-electron chi connectivity index (χ2n) is 3.93. The Morgan fingerprint density at radius 2 is 2.00 bits per heavy atom. The Morgan fingerprint density at radius 3 is 2.93 bits per heavy atom. The van der Waals surface area contributed by atoms with Crippen LogP contribution < -0.4 is 0 Å². The molecule has 0 aliphatic heterocycles. The fraction of sp³-hybridized carbons (Fsp3) is 0.308. The van der Waals surface area contributed by atoms with Crippen LogP contribution in [0.4, 0.5) is 0 Å². The molecule has 3 rings (SSSR count). The molecule has 0 bridgehead atoms. The number of rotatable bonds is 0. The van der Waals surface area contributed by atoms with Crippen LogP contribution in [0.5, 0.6) is 0 Å². The SMILES string of the molecule is [Zr].c1ccc2c(c1)CC1=C2CCC[CH-]1. The maximum absolute atomic E-state index is 2.43. The van der Waals surface area contributed by atoms with E-state index in [0.717, 1.165) is 0 Å². The molecule has 1 aromatic carbocycles. The van der Waals surface area contributed by atoms with Gasteiger partial charge in [-0.2, -0.15) is 5.57 Å². The van der Waals surface area contributed by atoms with Crippen molar-refractivity contribution in [3.8, 4) is 0 Å². The van der Waals surface area contributed by atoms with Crippen molar-refractivity contribution in [3.05, 3.63) is 47.4 Å². The van der Waals surface area contributed by atoms with Crippen molar-refractivity contribution in [2.45, 2.75) is 25.7 Å². The van der Waals surface area contributed by atoms with Crippen LogP contribution in [-0.4, -0.2) is 0 Å². The summed E-state index contributed by atoms with van der Waals surface area (Å²) in [7, 11) is 0. The Labute approximate surface area is 105 Å². The first kappa shape index (κ1) is 10.2. The molecule has 0 amide bonds. The molecular formula is C13H13Zr-. The fourth-order valence-corrected chi connectivity index (χ4v) is 2.50. The predicted octanol–water partition coefficient (Wildman–Crippen LogP) is 3.38. The molecule has 0 N–H and O–H groups in total. The van der Waals surface area contributed by atoms with E-state index in [1.807, 2.05) is 0 Å². The third-order valence-corrected chi connectivity index (χ3v) is 3.13. The van der Waals surface area contributed by atoms with Gasteiger partial charge in [-0.3, -0.25) is 0 Å². The van der Waals surface area contributed by atoms with Gasteiger partial charge in [0, 0.05) is 26.2 Å². The zero-order valence-electron chi connectivity index (χ0n) is 8.22. The summed E-state index contributed by atoms with van der Waals surface area (Å²) < 4.78 is 0. The summed E-state index contributed by atoms with van der Waals surface area (Å²) in [6.07, 6.45) is 7.53. The first-order valence-electron chi connectivity index (χ1n) is 5.08. The van der Waals surface area contributed by atoms with Crippen LogP contribution in [0.1, 0.15) is 30.4 Å². The van der Waals surface area contributed by atoms with Crippen molar-refractivity contribution in [3.63, 3.8) is 0 Å². The molecule has 0 unspecified atom stereocenters. The largest absolute Gasteiger partial charge is 0.226 e. The van der Waals surface area contributed by atoms with E-state index in [4.69, 9.17) is 0 Å². The summed E-state index contributed by atoms with van der Waals surface area (Å²) in [5.41, 5.74) is 6.29. The molecule has 0 heterocycles. The summed E-state index contributed by atoms with van der Waals surface area (Å²) in [5.74, 6) is 0. The molecule has 0 fully saturated rings. The standard InChI is InChI=1S/C13H13.Zr/c1-3-7-12-10(5-1)9-11-6-2-4-8-13(11)12;/h1,3,5-7H,2,4,8-9H2;/q-1;. The van der Waals surface area contributed by atoms with Crippen molar-refractivity contribution in [1.29, 1.82) is 0 Å². The number of hydrogen-bond donors (Lipinski definition) is 0. The first-order chi connectivity index (χ1) is 6.45. The molecule has 0 spiro atoms. The fourth-order valence-electron chi connectivity index (χ4n) is 2.50. The van der Waals surface area contributed by atoms with Gasteiger partial charge in [0.1, 0.15) is 0 Å². The van der Waals surface area contributed by atoms with E-state index in [-0.39, 0.29) is 26.2 Å². The quantitative estimate of drug-likeness (QED) is 0.627. The predicted molar refractivity (Wildman–Crippen MR) is 55.2 cm³/mol. The average molecular weight is 260 g/mol. The van der Waals surface area contributed by atoms with Crippen molar-refractivity contribution >= 4 is 5.57 Å². The van der Waals surface area contributed by atoms with Crippen LogP contribution in [-0.2, 0) is 32.6 Å². The summed E-state index contributed by atoms with van der Waals surface area (Å²) in [6.45, 7) is 0. The molecule has 0 saturated heterocycles. The molecule has 0 nitrogen and oxygen atoms in total. The van der Waals surface area contributed by atoms with Gasteiger partial charge >= 0.3 is 0 Å². The minimum atomic E-state index is 0. The average Bonchev–Trinajstić information content (AvgIpc) is 2.56. The molecule has 0 aromatic heterocycles. The molecule has 1 aromatic rings. The minimum Gasteiger partial charge on any atom is -0.226 e. The molecule has 70 valence electrons. The van der Waals surface area contributed by atoms with Crippen molar-refractivity contribution < 1.29 is 26.2 Å². The molecular weight excluding hydrogens is 247 g/mol. The van der Waals surface area contributed by atoms with Crippen LogP contribution in [0.25, 0.3) is 5.57 Å². The number of hydrogen-bond acceptors (Lipinski definition) is 0. The summed E-state index contributed by atoms with van der Waals surface area (Å²) in [6, 6.07) is 8.85. The summed E-state index contributed by atoms with van der Waals surface area (Å²) >= 11 is 0. The maximum Gasteiger partial charge on any atom is 0 e. The second kappa shape index (κ2) is 4.07. The van der Waals surface area contributed by atoms with Crippen molar-refractivity contribution in [1.82, 2.24) is 0 Å². The van der Waals surface area contributed by atoms with Gasteiger partial charge in [-0.25, -0.2) is 12.0 Å². The smallest absolute Gasteiger partial charge is 0 e. The van der Waals surface area contributed by atoms with Crippen molar-refractivity contribution in [2.24, 2.45) is 0 Å². The topological polar surface area (TPSA) is 0 Å². The van der Waals surface area contributed by atoms with Gasteiger partial charge in [-0.15, -0.1) is 12.0 Å². The molecule has 2 aliphatic carbocycles. The summed E-state index contributed by atoms with van der Waals surface area (Å²) in [4.78, 5) is 0. The van der Waals surface area contributed by atoms with Gasteiger partial charge in [0.2, 0.25) is 0 Å². The Hall–Kier alpha value is -0.287. The second-order valence-corrected chi connectivity index (χ2v) is 3.93. The zero-order chi connectivity index (χ0) is 8.67. The van der Waals surface area contributed by atoms with Crippen LogP contribution in [0.2, 0.25) is 0 Å². The van der Waals surface area contributed by atoms with E-state index in [0.29, 0.717) is 0 Å². The molecule has 0 radical (unpaired) electrons. The van der Waals surface area contributed by atoms with Gasteiger partial charge < -0.3 is 0 Å². The maximum atomic E-state index is 2.43. The Balaban J connectivity index is 0.000000750. The molecule has 0 atom stereocenters. The Kier molecular flexibility index (Phi) is 2.97. The Morgan fingerprint density at radius 1 is 1.14 bits per heavy atom. The molecule has 0 saturated carbocycles. The molecule has 14 heavy (non-hydrogen) atoms. The van der Waals surface area contributed by atoms with Gasteiger partial charge in [0.15, 0.2) is 0 Å². The summed E-state index contributed by atoms with van der Waals surface area (Å²) in [5, 5.41) is 0. The van der Waals surface area contributed by atoms with Crippen LogP contribution in [0.15, 0.2) is 29.8 Å². The van der Waals surface area contributed by atoms with Gasteiger partial charge in [-0.05, 0) is 6.42 Å². The van der Waals surface area contributed by atoms with Gasteiger partial charge in [-0.1, -0.05) is 42.7 Å². The van der Waals surface area contributed by atoms with Crippen molar-refractivity contribution in [2.75, 3.05) is 0 Å². The number of fused-ring (bicyclic) bond motifs is 2. The first-order valence-corrected chi connectivity index (χ1v) is 5.08. The monoisotopic (exact) mass is 259 g/mol. The van der Waals surface area contributed by atoms with E-state index in [1.165, 1.54) is 36.8 Å². The van der Waals surface area contributed by atoms with E-state index in [9.17, 15) is 0 Å². The zero-order valence-corrected chi connectivity index (χ0v) is 10.7. The third-order valence-electron chi connectivity index (χ3n) is 3.13.